The SMILES string of the molecule is O=C(N[C@H]1C[C@H](O)[C@H](O)C[C@H]1NC(=O)OCc1ccccc1)OCc1ccccc1. The molecule has 1 aliphatic carbocycles. The van der Waals surface area contributed by atoms with E-state index in [0.29, 0.717) is 0 Å². The maximum atomic E-state index is 12.2. The minimum Gasteiger partial charge on any atom is -0.445 e. The van der Waals surface area contributed by atoms with Gasteiger partial charge in [0.25, 0.3) is 0 Å². The lowest BCUT2D eigenvalue weighted by Gasteiger charge is -2.37. The Morgan fingerprint density at radius 2 is 1.10 bits per heavy atom. The number of aliphatic hydroxyl groups is 2. The van der Waals surface area contributed by atoms with Crippen molar-refractivity contribution in [2.75, 3.05) is 0 Å². The van der Waals surface area contributed by atoms with Crippen molar-refractivity contribution in [1.82, 2.24) is 10.6 Å². The predicted octanol–water partition coefficient (Wildman–Crippen LogP) is 2.09. The van der Waals surface area contributed by atoms with Crippen molar-refractivity contribution in [2.24, 2.45) is 0 Å². The molecule has 0 aliphatic heterocycles. The number of hydrogen-bond donors (Lipinski definition) is 4. The third-order valence-electron chi connectivity index (χ3n) is 4.95. The largest absolute Gasteiger partial charge is 0.445 e. The molecule has 0 bridgehead atoms. The van der Waals surface area contributed by atoms with Crippen LogP contribution in [0.1, 0.15) is 24.0 Å². The van der Waals surface area contributed by atoms with Gasteiger partial charge in [0, 0.05) is 0 Å². The van der Waals surface area contributed by atoms with E-state index in [1.165, 1.54) is 0 Å². The molecular formula is C22H26N2O6. The fraction of sp³-hybridized carbons (Fsp3) is 0.364. The van der Waals surface area contributed by atoms with E-state index in [0.717, 1.165) is 11.1 Å². The molecule has 2 aromatic rings. The lowest BCUT2D eigenvalue weighted by molar-refractivity contribution is -0.0289. The van der Waals surface area contributed by atoms with Crippen molar-refractivity contribution >= 4 is 12.2 Å². The Hall–Kier alpha value is -3.10. The number of aliphatic hydroxyl groups excluding tert-OH is 2. The number of ether oxygens (including phenoxy) is 2. The molecule has 160 valence electrons. The summed E-state index contributed by atoms with van der Waals surface area (Å²) in [5, 5.41) is 25.3. The Labute approximate surface area is 174 Å². The quantitative estimate of drug-likeness (QED) is 0.575. The van der Waals surface area contributed by atoms with Crippen molar-refractivity contribution < 1.29 is 29.3 Å². The Kier molecular flexibility index (Phi) is 7.64. The topological polar surface area (TPSA) is 117 Å². The summed E-state index contributed by atoms with van der Waals surface area (Å²) in [5.74, 6) is 0. The van der Waals surface area contributed by atoms with Gasteiger partial charge in [0.1, 0.15) is 13.2 Å². The molecule has 0 heterocycles. The van der Waals surface area contributed by atoms with Crippen molar-refractivity contribution in [1.29, 1.82) is 0 Å². The first-order chi connectivity index (χ1) is 14.5. The van der Waals surface area contributed by atoms with E-state index in [2.05, 4.69) is 10.6 Å². The van der Waals surface area contributed by atoms with Gasteiger partial charge in [-0.2, -0.15) is 0 Å². The van der Waals surface area contributed by atoms with Crippen LogP contribution in [0, 0.1) is 0 Å². The summed E-state index contributed by atoms with van der Waals surface area (Å²) in [5.41, 5.74) is 1.68. The molecule has 1 aliphatic rings. The van der Waals surface area contributed by atoms with Gasteiger partial charge in [-0.25, -0.2) is 9.59 Å². The minimum atomic E-state index is -1.01. The second-order valence-electron chi connectivity index (χ2n) is 7.23. The number of rotatable bonds is 6. The monoisotopic (exact) mass is 414 g/mol. The number of carbonyl (C=O) groups is 2. The van der Waals surface area contributed by atoms with Gasteiger partial charge in [-0.3, -0.25) is 0 Å². The average molecular weight is 414 g/mol. The molecule has 0 saturated heterocycles. The van der Waals surface area contributed by atoms with E-state index < -0.39 is 36.5 Å². The summed E-state index contributed by atoms with van der Waals surface area (Å²) in [4.78, 5) is 24.4. The first-order valence-corrected chi connectivity index (χ1v) is 9.82. The molecule has 0 spiro atoms. The first-order valence-electron chi connectivity index (χ1n) is 9.82. The molecule has 30 heavy (non-hydrogen) atoms. The third-order valence-corrected chi connectivity index (χ3v) is 4.95. The summed E-state index contributed by atoms with van der Waals surface area (Å²) >= 11 is 0. The van der Waals surface area contributed by atoms with E-state index in [1.807, 2.05) is 60.7 Å². The zero-order chi connectivity index (χ0) is 21.3. The molecular weight excluding hydrogens is 388 g/mol. The highest BCUT2D eigenvalue weighted by atomic mass is 16.6. The highest BCUT2D eigenvalue weighted by molar-refractivity contribution is 5.69. The highest BCUT2D eigenvalue weighted by Gasteiger charge is 2.37. The van der Waals surface area contributed by atoms with Crippen LogP contribution in [0.25, 0.3) is 0 Å². The second-order valence-corrected chi connectivity index (χ2v) is 7.23. The molecule has 1 fully saturated rings. The second kappa shape index (κ2) is 10.6. The first kappa shape index (κ1) is 21.6. The van der Waals surface area contributed by atoms with Crippen molar-refractivity contribution in [3.05, 3.63) is 71.8 Å². The molecule has 2 aromatic carbocycles. The number of benzene rings is 2. The Morgan fingerprint density at radius 3 is 1.47 bits per heavy atom. The minimum absolute atomic E-state index is 0.0746. The van der Waals surface area contributed by atoms with Crippen LogP contribution in [-0.2, 0) is 22.7 Å². The van der Waals surface area contributed by atoms with Crippen LogP contribution in [0.4, 0.5) is 9.59 Å². The standard InChI is InChI=1S/C22H26N2O6/c25-19-11-17(23-21(27)29-13-15-7-3-1-4-8-15)18(12-20(19)26)24-22(28)30-14-16-9-5-2-6-10-16/h1-10,17-20,25-26H,11-14H2,(H,23,27)(H,24,28)/t17-,18+,19-,20+. The van der Waals surface area contributed by atoms with Crippen molar-refractivity contribution in [3.63, 3.8) is 0 Å². The summed E-state index contributed by atoms with van der Waals surface area (Å²) in [7, 11) is 0. The smallest absolute Gasteiger partial charge is 0.407 e. The van der Waals surface area contributed by atoms with Crippen LogP contribution in [0.2, 0.25) is 0 Å². The number of carbonyl (C=O) groups excluding carboxylic acids is 2. The fourth-order valence-electron chi connectivity index (χ4n) is 3.31. The summed E-state index contributed by atoms with van der Waals surface area (Å²) in [6.45, 7) is 0.198. The highest BCUT2D eigenvalue weighted by Crippen LogP contribution is 2.21. The zero-order valence-electron chi connectivity index (χ0n) is 16.4. The number of alkyl carbamates (subject to hydrolysis) is 2. The number of amides is 2. The van der Waals surface area contributed by atoms with Crippen molar-refractivity contribution in [3.8, 4) is 0 Å². The van der Waals surface area contributed by atoms with E-state index >= 15 is 0 Å². The molecule has 0 radical (unpaired) electrons. The normalized spacial score (nSPS) is 23.3. The zero-order valence-corrected chi connectivity index (χ0v) is 16.4. The third kappa shape index (κ3) is 6.47. The number of nitrogens with one attached hydrogen (secondary N) is 2. The molecule has 0 unspecified atom stereocenters. The number of hydrogen-bond acceptors (Lipinski definition) is 6. The van der Waals surface area contributed by atoms with Crippen LogP contribution in [0.15, 0.2) is 60.7 Å². The molecule has 8 nitrogen and oxygen atoms in total. The molecule has 0 aromatic heterocycles. The van der Waals surface area contributed by atoms with Crippen LogP contribution in [0.5, 0.6) is 0 Å². The van der Waals surface area contributed by atoms with Gasteiger partial charge in [0.15, 0.2) is 0 Å². The Morgan fingerprint density at radius 1 is 0.733 bits per heavy atom. The van der Waals surface area contributed by atoms with Gasteiger partial charge in [-0.15, -0.1) is 0 Å². The Bertz CT molecular complexity index is 747. The summed E-state index contributed by atoms with van der Waals surface area (Å²) in [6.07, 6.45) is -3.21. The summed E-state index contributed by atoms with van der Waals surface area (Å²) in [6, 6.07) is 17.2. The summed E-state index contributed by atoms with van der Waals surface area (Å²) < 4.78 is 10.4. The van der Waals surface area contributed by atoms with E-state index in [9.17, 15) is 19.8 Å². The molecule has 1 saturated carbocycles. The average Bonchev–Trinajstić information content (AvgIpc) is 2.76. The predicted molar refractivity (Wildman–Crippen MR) is 108 cm³/mol. The fourth-order valence-corrected chi connectivity index (χ4v) is 3.31. The molecule has 4 atom stereocenters. The van der Waals surface area contributed by atoms with E-state index in [-0.39, 0.29) is 26.1 Å². The molecule has 2 amide bonds. The van der Waals surface area contributed by atoms with Gasteiger partial charge in [-0.1, -0.05) is 60.7 Å². The lowest BCUT2D eigenvalue weighted by Crippen LogP contribution is -2.59. The van der Waals surface area contributed by atoms with Crippen LogP contribution < -0.4 is 10.6 Å². The molecule has 4 N–H and O–H groups in total. The van der Waals surface area contributed by atoms with Gasteiger partial charge in [0.05, 0.1) is 24.3 Å². The lowest BCUT2D eigenvalue weighted by atomic mass is 9.86. The van der Waals surface area contributed by atoms with Gasteiger partial charge >= 0.3 is 12.2 Å². The maximum Gasteiger partial charge on any atom is 0.407 e. The molecule has 8 heteroatoms. The van der Waals surface area contributed by atoms with E-state index in [1.54, 1.807) is 0 Å². The van der Waals surface area contributed by atoms with Crippen LogP contribution in [-0.4, -0.2) is 46.7 Å². The van der Waals surface area contributed by atoms with Crippen LogP contribution >= 0.6 is 0 Å². The van der Waals surface area contributed by atoms with Crippen molar-refractivity contribution in [2.45, 2.75) is 50.3 Å². The van der Waals surface area contributed by atoms with Crippen LogP contribution in [0.3, 0.4) is 0 Å². The Balaban J connectivity index is 1.52. The van der Waals surface area contributed by atoms with Gasteiger partial charge in [0.2, 0.25) is 0 Å². The molecule has 3 rings (SSSR count). The maximum absolute atomic E-state index is 12.2. The van der Waals surface area contributed by atoms with Gasteiger partial charge < -0.3 is 30.3 Å². The van der Waals surface area contributed by atoms with E-state index in [4.69, 9.17) is 9.47 Å². The van der Waals surface area contributed by atoms with Gasteiger partial charge in [-0.05, 0) is 24.0 Å².